The molecule has 2 aromatic rings. The van der Waals surface area contributed by atoms with Gasteiger partial charge in [0, 0.05) is 32.9 Å². The molecule has 0 saturated carbocycles. The highest BCUT2D eigenvalue weighted by Gasteiger charge is 2.10. The number of benzene rings is 2. The summed E-state index contributed by atoms with van der Waals surface area (Å²) in [5.41, 5.74) is 7.05. The largest absolute Gasteiger partial charge is 0.398 e. The van der Waals surface area contributed by atoms with E-state index in [1.165, 1.54) is 36.0 Å². The maximum absolute atomic E-state index is 12.9. The topological polar surface area (TPSA) is 69.2 Å². The first-order chi connectivity index (χ1) is 9.47. The highest BCUT2D eigenvalue weighted by atomic mass is 79.9. The first-order valence-corrected chi connectivity index (χ1v) is 7.36. The highest BCUT2D eigenvalue weighted by Crippen LogP contribution is 2.32. The van der Waals surface area contributed by atoms with Crippen LogP contribution < -0.4 is 5.73 Å². The number of nitrogens with two attached hydrogens (primary N) is 1. The zero-order chi connectivity index (χ0) is 14.7. The molecule has 0 heterocycles. The van der Waals surface area contributed by atoms with Gasteiger partial charge in [0.05, 0.1) is 4.92 Å². The zero-order valence-electron chi connectivity index (χ0n) is 10.2. The third-order valence-corrected chi connectivity index (χ3v) is 4.48. The van der Waals surface area contributed by atoms with Gasteiger partial charge in [-0.15, -0.1) is 11.8 Å². The summed E-state index contributed by atoms with van der Waals surface area (Å²) >= 11 is 4.76. The maximum atomic E-state index is 12.9. The van der Waals surface area contributed by atoms with E-state index < -0.39 is 4.92 Å². The van der Waals surface area contributed by atoms with Crippen LogP contribution in [0.15, 0.2) is 45.8 Å². The molecule has 0 spiro atoms. The minimum Gasteiger partial charge on any atom is -0.398 e. The molecule has 20 heavy (non-hydrogen) atoms. The second-order valence-corrected chi connectivity index (χ2v) is 5.88. The highest BCUT2D eigenvalue weighted by molar-refractivity contribution is 9.10. The van der Waals surface area contributed by atoms with Crippen LogP contribution >= 0.6 is 27.7 Å². The number of anilines is 1. The molecule has 7 heteroatoms. The van der Waals surface area contributed by atoms with Gasteiger partial charge in [0.2, 0.25) is 0 Å². The maximum Gasteiger partial charge on any atom is 0.270 e. The Bertz CT molecular complexity index is 667. The van der Waals surface area contributed by atoms with E-state index in [-0.39, 0.29) is 11.5 Å². The lowest BCUT2D eigenvalue weighted by atomic mass is 10.2. The van der Waals surface area contributed by atoms with Gasteiger partial charge in [-0.2, -0.15) is 0 Å². The molecule has 0 atom stereocenters. The van der Waals surface area contributed by atoms with Gasteiger partial charge in [-0.1, -0.05) is 22.0 Å². The van der Waals surface area contributed by atoms with E-state index in [2.05, 4.69) is 15.9 Å². The van der Waals surface area contributed by atoms with Crippen molar-refractivity contribution in [3.8, 4) is 0 Å². The first-order valence-electron chi connectivity index (χ1n) is 5.58. The molecule has 0 saturated heterocycles. The van der Waals surface area contributed by atoms with Crippen LogP contribution in [0.25, 0.3) is 0 Å². The lowest BCUT2D eigenvalue weighted by Crippen LogP contribution is -1.92. The average molecular weight is 357 g/mol. The third-order valence-electron chi connectivity index (χ3n) is 2.60. The van der Waals surface area contributed by atoms with Crippen LogP contribution in [0.3, 0.4) is 0 Å². The van der Waals surface area contributed by atoms with E-state index in [1.54, 1.807) is 12.1 Å². The molecule has 0 radical (unpaired) electrons. The third kappa shape index (κ3) is 3.49. The summed E-state index contributed by atoms with van der Waals surface area (Å²) in [5.74, 6) is 0.206. The van der Waals surface area contributed by atoms with Gasteiger partial charge < -0.3 is 5.73 Å². The van der Waals surface area contributed by atoms with Crippen molar-refractivity contribution in [2.24, 2.45) is 0 Å². The number of thioether (sulfide) groups is 1. The molecule has 0 aliphatic heterocycles. The van der Waals surface area contributed by atoms with E-state index in [1.807, 2.05) is 0 Å². The van der Waals surface area contributed by atoms with Gasteiger partial charge in [0.15, 0.2) is 0 Å². The van der Waals surface area contributed by atoms with Crippen LogP contribution in [0.5, 0.6) is 0 Å². The molecule has 0 bridgehead atoms. The summed E-state index contributed by atoms with van der Waals surface area (Å²) in [6.45, 7) is 0. The number of hydrogen-bond acceptors (Lipinski definition) is 4. The van der Waals surface area contributed by atoms with E-state index in [4.69, 9.17) is 5.73 Å². The number of nitrogen functional groups attached to an aromatic ring is 1. The fraction of sp³-hybridized carbons (Fsp3) is 0.0769. The number of rotatable bonds is 4. The standard InChI is InChI=1S/C13H10BrFN2O2S/c14-11-6-10(17(18)19)3-1-8(11)7-20-13-4-2-9(15)5-12(13)16/h1-6H,7,16H2. The Hall–Kier alpha value is -1.60. The summed E-state index contributed by atoms with van der Waals surface area (Å²) in [6.07, 6.45) is 0. The molecular weight excluding hydrogens is 347 g/mol. The van der Waals surface area contributed by atoms with Crippen molar-refractivity contribution in [1.29, 1.82) is 0 Å². The lowest BCUT2D eigenvalue weighted by molar-refractivity contribution is -0.384. The van der Waals surface area contributed by atoms with Crippen LogP contribution in [-0.4, -0.2) is 4.92 Å². The summed E-state index contributed by atoms with van der Waals surface area (Å²) in [4.78, 5) is 11.0. The first kappa shape index (κ1) is 14.8. The molecule has 0 aromatic heterocycles. The van der Waals surface area contributed by atoms with Crippen LogP contribution in [0.1, 0.15) is 5.56 Å². The van der Waals surface area contributed by atoms with E-state index >= 15 is 0 Å². The summed E-state index contributed by atoms with van der Waals surface area (Å²) in [6, 6.07) is 8.85. The molecule has 0 fully saturated rings. The van der Waals surface area contributed by atoms with Gasteiger partial charge in [0.1, 0.15) is 5.82 Å². The second-order valence-electron chi connectivity index (χ2n) is 4.00. The van der Waals surface area contributed by atoms with Gasteiger partial charge in [-0.25, -0.2) is 4.39 Å². The number of non-ortho nitro benzene ring substituents is 1. The Balaban J connectivity index is 2.13. The van der Waals surface area contributed by atoms with Crippen LogP contribution in [0, 0.1) is 15.9 Å². The molecule has 2 aromatic carbocycles. The monoisotopic (exact) mass is 356 g/mol. The number of halogens is 2. The molecule has 0 aliphatic rings. The Labute approximate surface area is 127 Å². The quantitative estimate of drug-likeness (QED) is 0.382. The molecule has 0 unspecified atom stereocenters. The van der Waals surface area contributed by atoms with Crippen molar-refractivity contribution in [1.82, 2.24) is 0 Å². The molecule has 2 N–H and O–H groups in total. The van der Waals surface area contributed by atoms with Gasteiger partial charge in [0.25, 0.3) is 5.69 Å². The summed E-state index contributed by atoms with van der Waals surface area (Å²) < 4.78 is 13.6. The van der Waals surface area contributed by atoms with Crippen LogP contribution in [0.4, 0.5) is 15.8 Å². The number of hydrogen-bond donors (Lipinski definition) is 1. The van der Waals surface area contributed by atoms with Gasteiger partial charge in [-0.3, -0.25) is 10.1 Å². The van der Waals surface area contributed by atoms with Crippen molar-refractivity contribution < 1.29 is 9.31 Å². The van der Waals surface area contributed by atoms with Crippen molar-refractivity contribution in [2.75, 3.05) is 5.73 Å². The Kier molecular flexibility index (Phi) is 4.61. The van der Waals surface area contributed by atoms with Gasteiger partial charge >= 0.3 is 0 Å². The van der Waals surface area contributed by atoms with Crippen molar-refractivity contribution >= 4 is 39.1 Å². The molecule has 104 valence electrons. The number of nitro groups is 1. The van der Waals surface area contributed by atoms with Crippen molar-refractivity contribution in [3.63, 3.8) is 0 Å². The zero-order valence-corrected chi connectivity index (χ0v) is 12.6. The van der Waals surface area contributed by atoms with Gasteiger partial charge in [-0.05, 0) is 23.8 Å². The summed E-state index contributed by atoms with van der Waals surface area (Å²) in [5, 5.41) is 10.6. The number of nitro benzene ring substituents is 1. The molecule has 2 rings (SSSR count). The van der Waals surface area contributed by atoms with E-state index in [0.29, 0.717) is 15.9 Å². The van der Waals surface area contributed by atoms with E-state index in [9.17, 15) is 14.5 Å². The Morgan fingerprint density at radius 2 is 2.05 bits per heavy atom. The minimum atomic E-state index is -0.445. The normalized spacial score (nSPS) is 10.5. The molecule has 0 amide bonds. The predicted molar refractivity (Wildman–Crippen MR) is 81.2 cm³/mol. The smallest absolute Gasteiger partial charge is 0.270 e. The SMILES string of the molecule is Nc1cc(F)ccc1SCc1ccc([N+](=O)[O-])cc1Br. The second kappa shape index (κ2) is 6.23. The minimum absolute atomic E-state index is 0.0342. The van der Waals surface area contributed by atoms with E-state index in [0.717, 1.165) is 10.5 Å². The molecule has 0 aliphatic carbocycles. The lowest BCUT2D eigenvalue weighted by Gasteiger charge is -2.07. The fourth-order valence-corrected chi connectivity index (χ4v) is 3.22. The number of nitrogens with zero attached hydrogens (tertiary/aromatic N) is 1. The van der Waals surface area contributed by atoms with Crippen molar-refractivity contribution in [3.05, 3.63) is 62.4 Å². The van der Waals surface area contributed by atoms with Crippen LogP contribution in [0.2, 0.25) is 0 Å². The van der Waals surface area contributed by atoms with Crippen LogP contribution in [-0.2, 0) is 5.75 Å². The average Bonchev–Trinajstić information content (AvgIpc) is 2.38. The molecular formula is C13H10BrFN2O2S. The summed E-state index contributed by atoms with van der Waals surface area (Å²) in [7, 11) is 0. The Morgan fingerprint density at radius 3 is 2.65 bits per heavy atom. The molecule has 4 nitrogen and oxygen atoms in total. The van der Waals surface area contributed by atoms with Crippen molar-refractivity contribution in [2.45, 2.75) is 10.6 Å². The Morgan fingerprint density at radius 1 is 1.30 bits per heavy atom. The fourth-order valence-electron chi connectivity index (χ4n) is 1.57. The predicted octanol–water partition coefficient (Wildman–Crippen LogP) is 4.37.